The number of hydrogen-bond acceptors (Lipinski definition) is 7. The molecule has 2 aliphatic heterocycles. The first-order chi connectivity index (χ1) is 14.6. The molecule has 4 heterocycles. The smallest absolute Gasteiger partial charge is 0.370 e. The highest BCUT2D eigenvalue weighted by atomic mass is 79.9. The Morgan fingerprint density at radius 3 is 2.81 bits per heavy atom. The number of quaternary nitrogens is 1. The van der Waals surface area contributed by atoms with Gasteiger partial charge < -0.3 is 9.66 Å². The van der Waals surface area contributed by atoms with Gasteiger partial charge in [-0.05, 0) is 39.8 Å². The van der Waals surface area contributed by atoms with Crippen LogP contribution in [0.25, 0.3) is 15.6 Å². The zero-order chi connectivity index (χ0) is 22.1. The van der Waals surface area contributed by atoms with Crippen molar-refractivity contribution in [1.82, 2.24) is 4.48 Å². The van der Waals surface area contributed by atoms with E-state index in [0.717, 1.165) is 18.2 Å². The van der Waals surface area contributed by atoms with E-state index in [2.05, 4.69) is 15.9 Å². The summed E-state index contributed by atoms with van der Waals surface area (Å²) in [5, 5.41) is 10.1. The first-order valence-corrected chi connectivity index (χ1v) is 14.0. The lowest BCUT2D eigenvalue weighted by molar-refractivity contribution is -0.657. The Labute approximate surface area is 203 Å². The average Bonchev–Trinajstić information content (AvgIpc) is 3.23. The molecule has 7 nitrogen and oxygen atoms in total. The monoisotopic (exact) mass is 579 g/mol. The molecule has 0 saturated carbocycles. The van der Waals surface area contributed by atoms with Gasteiger partial charge in [0.2, 0.25) is 12.1 Å². The van der Waals surface area contributed by atoms with Gasteiger partial charge in [-0.2, -0.15) is 4.57 Å². The molecule has 5 rings (SSSR count). The van der Waals surface area contributed by atoms with Crippen molar-refractivity contribution in [3.05, 3.63) is 43.1 Å². The van der Waals surface area contributed by atoms with Crippen LogP contribution >= 0.6 is 62.0 Å². The summed E-state index contributed by atoms with van der Waals surface area (Å²) in [7, 11) is -4.56. The van der Waals surface area contributed by atoms with Gasteiger partial charge in [-0.25, -0.2) is 17.7 Å². The van der Waals surface area contributed by atoms with Crippen molar-refractivity contribution >= 4 is 99.3 Å². The number of aromatic nitrogens is 1. The van der Waals surface area contributed by atoms with Crippen LogP contribution < -0.4 is 9.05 Å². The van der Waals surface area contributed by atoms with Crippen molar-refractivity contribution in [2.75, 3.05) is 6.54 Å². The molecular formula is C18H13BrClN2O5S4+. The second kappa shape index (κ2) is 7.52. The number of halogens is 2. The lowest BCUT2D eigenvalue weighted by Crippen LogP contribution is -2.66. The Morgan fingerprint density at radius 2 is 2.16 bits per heavy atom. The van der Waals surface area contributed by atoms with E-state index in [-0.39, 0.29) is 17.4 Å². The molecule has 1 N–H and O–H groups in total. The van der Waals surface area contributed by atoms with E-state index in [9.17, 15) is 22.9 Å². The first kappa shape index (κ1) is 21.8. The predicted octanol–water partition coefficient (Wildman–Crippen LogP) is 4.44. The second-order valence-corrected chi connectivity index (χ2v) is 13.9. The Balaban J connectivity index is 1.71. The number of thiophene rings is 1. The third kappa shape index (κ3) is 3.48. The highest BCUT2D eigenvalue weighted by Gasteiger charge is 2.60. The summed E-state index contributed by atoms with van der Waals surface area (Å²) in [6.45, 7) is 0.234. The number of rotatable bonds is 4. The van der Waals surface area contributed by atoms with Crippen LogP contribution in [-0.4, -0.2) is 36.0 Å². The van der Waals surface area contributed by atoms with Crippen LogP contribution in [0.5, 0.6) is 0 Å². The van der Waals surface area contributed by atoms with Crippen LogP contribution in [0.3, 0.4) is 0 Å². The molecule has 31 heavy (non-hydrogen) atoms. The number of nitrogens with zero attached hydrogens (tertiary/aromatic N) is 2. The highest BCUT2D eigenvalue weighted by molar-refractivity contribution is 9.11. The SMILES string of the molecule is O=C(O)C[n+]1c(C=C2Sc3ccc(Cl)cc3[N+]23CCC3S(=O)(=O)[O-])sc2sc(Br)cc21. The molecule has 3 aromatic rings. The zero-order valence-corrected chi connectivity index (χ0v) is 21.1. The number of carboxylic acids is 1. The topological polar surface area (TPSA) is 98.4 Å². The van der Waals surface area contributed by atoms with E-state index in [4.69, 9.17) is 11.6 Å². The van der Waals surface area contributed by atoms with E-state index in [1.165, 1.54) is 34.4 Å². The summed E-state index contributed by atoms with van der Waals surface area (Å²) in [5.74, 6) is -0.978. The lowest BCUT2D eigenvalue weighted by atomic mass is 10.1. The largest absolute Gasteiger partial charge is 0.743 e. The van der Waals surface area contributed by atoms with Gasteiger partial charge in [0, 0.05) is 17.2 Å². The molecule has 1 fully saturated rings. The maximum absolute atomic E-state index is 12.1. The molecule has 0 bridgehead atoms. The van der Waals surface area contributed by atoms with Gasteiger partial charge >= 0.3 is 5.97 Å². The maximum Gasteiger partial charge on any atom is 0.370 e. The molecule has 0 amide bonds. The molecule has 1 aromatic carbocycles. The fourth-order valence-corrected chi connectivity index (χ4v) is 10.2. The minimum Gasteiger partial charge on any atom is -0.743 e. The third-order valence-electron chi connectivity index (χ3n) is 5.46. The molecule has 1 spiro atoms. The molecule has 2 aromatic heterocycles. The Kier molecular flexibility index (Phi) is 5.30. The van der Waals surface area contributed by atoms with E-state index in [0.29, 0.717) is 27.3 Å². The fourth-order valence-electron chi connectivity index (χ4n) is 4.11. The van der Waals surface area contributed by atoms with Gasteiger partial charge in [0.15, 0.2) is 30.2 Å². The van der Waals surface area contributed by atoms with Crippen molar-refractivity contribution in [3.63, 3.8) is 0 Å². The Hall–Kier alpha value is -0.990. The van der Waals surface area contributed by atoms with E-state index < -0.39 is 21.5 Å². The summed E-state index contributed by atoms with van der Waals surface area (Å²) in [4.78, 5) is 12.4. The van der Waals surface area contributed by atoms with Gasteiger partial charge in [-0.1, -0.05) is 22.9 Å². The molecule has 13 heteroatoms. The molecule has 162 valence electrons. The highest BCUT2D eigenvalue weighted by Crippen LogP contribution is 2.58. The number of thiazole rings is 1. The van der Waals surface area contributed by atoms with Crippen LogP contribution in [0, 0.1) is 0 Å². The first-order valence-electron chi connectivity index (χ1n) is 8.96. The van der Waals surface area contributed by atoms with Crippen molar-refractivity contribution in [2.45, 2.75) is 23.2 Å². The maximum atomic E-state index is 12.1. The van der Waals surface area contributed by atoms with E-state index >= 15 is 0 Å². The standard InChI is InChI=1S/C18H12BrClN2O5S4/c19-13-6-10-18(29-13)30-14(21(10)8-17(23)24)7-15-22(4-3-16(22)31(25,26)27)11-5-9(20)1-2-12(11)28-15/h1-2,5-7,16H,3-4,8H2/p+1. The van der Waals surface area contributed by atoms with Gasteiger partial charge in [0.1, 0.15) is 0 Å². The van der Waals surface area contributed by atoms with Crippen molar-refractivity contribution < 1.29 is 27.4 Å². The van der Waals surface area contributed by atoms with Crippen molar-refractivity contribution in [2.24, 2.45) is 0 Å². The summed E-state index contributed by atoms with van der Waals surface area (Å²) in [5.41, 5.74) is 1.49. The summed E-state index contributed by atoms with van der Waals surface area (Å²) >= 11 is 14.0. The molecule has 0 aliphatic carbocycles. The lowest BCUT2D eigenvalue weighted by Gasteiger charge is -2.49. The molecule has 2 aliphatic rings. The van der Waals surface area contributed by atoms with Crippen LogP contribution in [0.15, 0.2) is 38.0 Å². The van der Waals surface area contributed by atoms with Crippen LogP contribution in [0.1, 0.15) is 11.4 Å². The van der Waals surface area contributed by atoms with Gasteiger partial charge in [-0.3, -0.25) is 0 Å². The van der Waals surface area contributed by atoms with E-state index in [1.54, 1.807) is 16.7 Å². The average molecular weight is 581 g/mol. The molecule has 2 unspecified atom stereocenters. The molecule has 0 radical (unpaired) electrons. The van der Waals surface area contributed by atoms with Crippen LogP contribution in [0.4, 0.5) is 5.69 Å². The van der Waals surface area contributed by atoms with Gasteiger partial charge in [-0.15, -0.1) is 11.3 Å². The quantitative estimate of drug-likeness (QED) is 0.278. The fraction of sp³-hybridized carbons (Fsp3) is 0.222. The Bertz CT molecular complexity index is 1400. The Morgan fingerprint density at radius 1 is 1.39 bits per heavy atom. The molecular weight excluding hydrogens is 568 g/mol. The van der Waals surface area contributed by atoms with Crippen LogP contribution in [-0.2, 0) is 21.5 Å². The summed E-state index contributed by atoms with van der Waals surface area (Å²) in [6.07, 6.45) is 2.08. The van der Waals surface area contributed by atoms with Crippen molar-refractivity contribution in [3.8, 4) is 0 Å². The van der Waals surface area contributed by atoms with Gasteiger partial charge in [0.05, 0.1) is 27.7 Å². The second-order valence-electron chi connectivity index (χ2n) is 7.17. The number of aliphatic carboxylic acids is 1. The van der Waals surface area contributed by atoms with Crippen LogP contribution in [0.2, 0.25) is 5.02 Å². The third-order valence-corrected chi connectivity index (χ3v) is 11.0. The molecule has 2 atom stereocenters. The number of carboxylic acid groups (broad SMARTS) is 1. The minimum atomic E-state index is -4.56. The summed E-state index contributed by atoms with van der Waals surface area (Å²) in [6, 6.07) is 7.15. The number of fused-ring (bicyclic) bond motifs is 3. The number of hydrogen-bond donors (Lipinski definition) is 1. The number of thioether (sulfide) groups is 1. The zero-order valence-electron chi connectivity index (χ0n) is 15.4. The normalized spacial score (nSPS) is 24.1. The van der Waals surface area contributed by atoms with E-state index in [1.807, 2.05) is 18.2 Å². The predicted molar refractivity (Wildman–Crippen MR) is 125 cm³/mol. The molecule has 1 saturated heterocycles. The van der Waals surface area contributed by atoms with Gasteiger partial charge in [0.25, 0.3) is 5.01 Å². The van der Waals surface area contributed by atoms with Crippen molar-refractivity contribution in [1.29, 1.82) is 0 Å². The number of carbonyl (C=O) groups is 1. The number of benzene rings is 1. The summed E-state index contributed by atoms with van der Waals surface area (Å²) < 4.78 is 39.7. The minimum absolute atomic E-state index is 0.0886.